The number of nitrogens with one attached hydrogen (secondary N) is 1. The lowest BCUT2D eigenvalue weighted by Crippen LogP contribution is -2.48. The minimum Gasteiger partial charge on any atom is -0.351 e. The summed E-state index contributed by atoms with van der Waals surface area (Å²) in [4.78, 5) is 31.5. The molecule has 3 atom stereocenters. The van der Waals surface area contributed by atoms with Crippen molar-refractivity contribution >= 4 is 23.2 Å². The van der Waals surface area contributed by atoms with Gasteiger partial charge in [0.25, 0.3) is 5.91 Å². The van der Waals surface area contributed by atoms with Crippen LogP contribution in [0.2, 0.25) is 0 Å². The fourth-order valence-electron chi connectivity index (χ4n) is 4.06. The van der Waals surface area contributed by atoms with E-state index in [2.05, 4.69) is 22.4 Å². The number of carbonyl (C=O) groups is 2. The fourth-order valence-corrected chi connectivity index (χ4v) is 4.59. The molecule has 2 fully saturated rings. The number of rotatable bonds is 2. The Hall–Kier alpha value is -2.21. The van der Waals surface area contributed by atoms with E-state index in [4.69, 9.17) is 0 Å². The number of likely N-dealkylation sites (tertiary alicyclic amines) is 1. The zero-order valence-electron chi connectivity index (χ0n) is 13.9. The molecule has 2 aromatic rings. The van der Waals surface area contributed by atoms with Crippen LogP contribution in [0.15, 0.2) is 41.2 Å². The molecule has 1 aromatic carbocycles. The molecule has 0 unspecified atom stereocenters. The third kappa shape index (κ3) is 3.18. The SMILES string of the molecule is O=C1CCCC[C@H]2[C@@H](C[C@@H](c3ccccc3)N2C(=O)c2cscn2)N1. The third-order valence-electron chi connectivity index (χ3n) is 5.21. The molecular formula is C19H21N3O2S. The molecule has 2 aliphatic rings. The van der Waals surface area contributed by atoms with Gasteiger partial charge < -0.3 is 10.2 Å². The molecule has 2 aliphatic heterocycles. The predicted octanol–water partition coefficient (Wildman–Crippen LogP) is 3.16. The molecule has 0 bridgehead atoms. The number of hydrogen-bond donors (Lipinski definition) is 1. The third-order valence-corrected chi connectivity index (χ3v) is 5.79. The molecule has 1 N–H and O–H groups in total. The fraction of sp³-hybridized carbons (Fsp3) is 0.421. The van der Waals surface area contributed by atoms with Gasteiger partial charge in [0.1, 0.15) is 5.69 Å². The number of fused-ring (bicyclic) bond motifs is 1. The molecule has 130 valence electrons. The molecule has 0 aliphatic carbocycles. The summed E-state index contributed by atoms with van der Waals surface area (Å²) in [7, 11) is 0. The second kappa shape index (κ2) is 6.96. The van der Waals surface area contributed by atoms with Crippen molar-refractivity contribution < 1.29 is 9.59 Å². The Balaban J connectivity index is 1.71. The van der Waals surface area contributed by atoms with Crippen LogP contribution < -0.4 is 5.32 Å². The number of thiazole rings is 1. The van der Waals surface area contributed by atoms with Crippen LogP contribution in [0, 0.1) is 0 Å². The Labute approximate surface area is 151 Å². The minimum absolute atomic E-state index is 0.0144. The Morgan fingerprint density at radius 2 is 2.08 bits per heavy atom. The average Bonchev–Trinajstić information content (AvgIpc) is 3.26. The summed E-state index contributed by atoms with van der Waals surface area (Å²) in [5.41, 5.74) is 3.31. The highest BCUT2D eigenvalue weighted by Gasteiger charge is 2.45. The number of amides is 2. The first kappa shape index (κ1) is 16.3. The zero-order chi connectivity index (χ0) is 17.2. The van der Waals surface area contributed by atoms with Crippen LogP contribution in [0.5, 0.6) is 0 Å². The van der Waals surface area contributed by atoms with Crippen molar-refractivity contribution in [3.05, 3.63) is 52.5 Å². The van der Waals surface area contributed by atoms with Crippen molar-refractivity contribution in [2.75, 3.05) is 0 Å². The summed E-state index contributed by atoms with van der Waals surface area (Å²) in [6.45, 7) is 0. The number of benzene rings is 1. The molecule has 0 radical (unpaired) electrons. The molecule has 5 nitrogen and oxygen atoms in total. The molecule has 0 spiro atoms. The number of nitrogens with zero attached hydrogens (tertiary/aromatic N) is 2. The number of hydrogen-bond acceptors (Lipinski definition) is 4. The van der Waals surface area contributed by atoms with Gasteiger partial charge in [-0.2, -0.15) is 0 Å². The first-order valence-corrected chi connectivity index (χ1v) is 9.73. The van der Waals surface area contributed by atoms with Crippen molar-refractivity contribution in [2.24, 2.45) is 0 Å². The molecular weight excluding hydrogens is 334 g/mol. The molecule has 2 amide bonds. The van der Waals surface area contributed by atoms with E-state index in [9.17, 15) is 9.59 Å². The van der Waals surface area contributed by atoms with Crippen LogP contribution in [0.25, 0.3) is 0 Å². The van der Waals surface area contributed by atoms with Crippen LogP contribution in [-0.2, 0) is 4.79 Å². The maximum absolute atomic E-state index is 13.2. The summed E-state index contributed by atoms with van der Waals surface area (Å²) in [6.07, 6.45) is 4.11. The van der Waals surface area contributed by atoms with Crippen molar-refractivity contribution in [1.82, 2.24) is 15.2 Å². The summed E-state index contributed by atoms with van der Waals surface area (Å²) < 4.78 is 0. The van der Waals surface area contributed by atoms with Gasteiger partial charge in [0.15, 0.2) is 0 Å². The Bertz CT molecular complexity index is 747. The second-order valence-corrected chi connectivity index (χ2v) is 7.45. The smallest absolute Gasteiger partial charge is 0.274 e. The van der Waals surface area contributed by atoms with Gasteiger partial charge in [-0.3, -0.25) is 9.59 Å². The highest BCUT2D eigenvalue weighted by molar-refractivity contribution is 7.07. The molecule has 1 aromatic heterocycles. The van der Waals surface area contributed by atoms with Crippen LogP contribution in [0.1, 0.15) is 54.2 Å². The van der Waals surface area contributed by atoms with Gasteiger partial charge in [0.2, 0.25) is 5.91 Å². The van der Waals surface area contributed by atoms with E-state index in [1.54, 1.807) is 10.9 Å². The van der Waals surface area contributed by atoms with E-state index in [1.165, 1.54) is 11.3 Å². The van der Waals surface area contributed by atoms with Gasteiger partial charge in [-0.15, -0.1) is 11.3 Å². The molecule has 6 heteroatoms. The molecule has 2 saturated heterocycles. The average molecular weight is 355 g/mol. The lowest BCUT2D eigenvalue weighted by molar-refractivity contribution is -0.122. The first-order chi connectivity index (χ1) is 12.2. The number of aromatic nitrogens is 1. The summed E-state index contributed by atoms with van der Waals surface area (Å²) in [6, 6.07) is 10.1. The first-order valence-electron chi connectivity index (χ1n) is 8.79. The van der Waals surface area contributed by atoms with Crippen molar-refractivity contribution in [3.63, 3.8) is 0 Å². The maximum atomic E-state index is 13.2. The van der Waals surface area contributed by atoms with Crippen LogP contribution in [0.3, 0.4) is 0 Å². The largest absolute Gasteiger partial charge is 0.351 e. The van der Waals surface area contributed by atoms with Crippen molar-refractivity contribution in [2.45, 2.75) is 50.2 Å². The van der Waals surface area contributed by atoms with E-state index in [1.807, 2.05) is 23.1 Å². The summed E-state index contributed by atoms with van der Waals surface area (Å²) >= 11 is 1.43. The topological polar surface area (TPSA) is 62.3 Å². The Kier molecular flexibility index (Phi) is 4.53. The van der Waals surface area contributed by atoms with Gasteiger partial charge in [-0.1, -0.05) is 36.8 Å². The molecule has 4 rings (SSSR count). The van der Waals surface area contributed by atoms with E-state index in [0.717, 1.165) is 31.2 Å². The van der Waals surface area contributed by atoms with Gasteiger partial charge in [-0.05, 0) is 24.8 Å². The molecule has 0 saturated carbocycles. The zero-order valence-corrected chi connectivity index (χ0v) is 14.7. The standard InChI is InChI=1S/C19H21N3O2S/c23-18-9-5-4-8-16-14(21-18)10-17(13-6-2-1-3-7-13)22(16)19(24)15-11-25-12-20-15/h1-3,6-7,11-12,14,16-17H,4-5,8-10H2,(H,21,23)/t14-,16+,17+/m1/s1. The van der Waals surface area contributed by atoms with Gasteiger partial charge in [0, 0.05) is 11.8 Å². The number of carbonyl (C=O) groups excluding carboxylic acids is 2. The van der Waals surface area contributed by atoms with Crippen LogP contribution in [-0.4, -0.2) is 33.8 Å². The monoisotopic (exact) mass is 355 g/mol. The quantitative estimate of drug-likeness (QED) is 0.900. The van der Waals surface area contributed by atoms with Crippen molar-refractivity contribution in [3.8, 4) is 0 Å². The highest BCUT2D eigenvalue weighted by atomic mass is 32.1. The highest BCUT2D eigenvalue weighted by Crippen LogP contribution is 2.40. The van der Waals surface area contributed by atoms with E-state index >= 15 is 0 Å². The normalized spacial score (nSPS) is 26.5. The van der Waals surface area contributed by atoms with Gasteiger partial charge >= 0.3 is 0 Å². The van der Waals surface area contributed by atoms with E-state index < -0.39 is 0 Å². The maximum Gasteiger partial charge on any atom is 0.274 e. The Morgan fingerprint density at radius 3 is 2.84 bits per heavy atom. The Morgan fingerprint density at radius 1 is 1.24 bits per heavy atom. The summed E-state index contributed by atoms with van der Waals surface area (Å²) in [5, 5.41) is 4.96. The minimum atomic E-state index is -0.0302. The lowest BCUT2D eigenvalue weighted by Gasteiger charge is -2.32. The summed E-state index contributed by atoms with van der Waals surface area (Å²) in [5.74, 6) is 0.0712. The predicted molar refractivity (Wildman–Crippen MR) is 96.3 cm³/mol. The lowest BCUT2D eigenvalue weighted by atomic mass is 9.97. The van der Waals surface area contributed by atoms with E-state index in [-0.39, 0.29) is 29.9 Å². The van der Waals surface area contributed by atoms with Crippen LogP contribution >= 0.6 is 11.3 Å². The van der Waals surface area contributed by atoms with Gasteiger partial charge in [0.05, 0.1) is 23.6 Å². The van der Waals surface area contributed by atoms with Gasteiger partial charge in [-0.25, -0.2) is 4.98 Å². The van der Waals surface area contributed by atoms with Crippen molar-refractivity contribution in [1.29, 1.82) is 0 Å². The van der Waals surface area contributed by atoms with E-state index in [0.29, 0.717) is 12.1 Å². The molecule has 25 heavy (non-hydrogen) atoms. The van der Waals surface area contributed by atoms with Crippen LogP contribution in [0.4, 0.5) is 0 Å². The molecule has 3 heterocycles. The second-order valence-electron chi connectivity index (χ2n) is 6.74.